The maximum Gasteiger partial charge on any atom is 0.411 e. The summed E-state index contributed by atoms with van der Waals surface area (Å²) in [5.41, 5.74) is 4.59. The second kappa shape index (κ2) is 9.15. The molecule has 5 rings (SSSR count). The van der Waals surface area contributed by atoms with Gasteiger partial charge in [-0.1, -0.05) is 18.2 Å². The number of hydrogen-bond donors (Lipinski definition) is 1. The summed E-state index contributed by atoms with van der Waals surface area (Å²) in [6, 6.07) is 21.1. The lowest BCUT2D eigenvalue weighted by atomic mass is 9.92. The quantitative estimate of drug-likeness (QED) is 0.390. The number of hydrogen-bond acceptors (Lipinski definition) is 4. The maximum atomic E-state index is 12.4. The number of nitrogens with zero attached hydrogens (tertiary/aromatic N) is 3. The summed E-state index contributed by atoms with van der Waals surface area (Å²) in [6.45, 7) is 3.59. The molecule has 0 aliphatic heterocycles. The number of carbonyl (C=O) groups is 1. The molecular weight excluding hydrogens is 440 g/mol. The number of benzene rings is 2. The molecule has 4 aromatic rings. The zero-order valence-corrected chi connectivity index (χ0v) is 19.7. The van der Waals surface area contributed by atoms with Crippen molar-refractivity contribution in [2.24, 2.45) is 0 Å². The highest BCUT2D eigenvalue weighted by atomic mass is 16.6. The van der Waals surface area contributed by atoms with Gasteiger partial charge >= 0.3 is 6.09 Å². The summed E-state index contributed by atoms with van der Waals surface area (Å²) in [5.74, 6) is 0. The Morgan fingerprint density at radius 3 is 2.51 bits per heavy atom. The van der Waals surface area contributed by atoms with Gasteiger partial charge in [0.15, 0.2) is 0 Å². The molecule has 0 spiro atoms. The number of amides is 1. The van der Waals surface area contributed by atoms with Gasteiger partial charge in [-0.25, -0.2) is 4.79 Å². The molecule has 0 saturated heterocycles. The van der Waals surface area contributed by atoms with Gasteiger partial charge in [0.2, 0.25) is 0 Å². The molecule has 2 aromatic carbocycles. The van der Waals surface area contributed by atoms with Crippen LogP contribution in [-0.2, 0) is 4.74 Å². The lowest BCUT2D eigenvalue weighted by Crippen LogP contribution is -2.19. The number of pyridine rings is 1. The van der Waals surface area contributed by atoms with E-state index in [1.54, 1.807) is 30.7 Å². The first-order valence-corrected chi connectivity index (χ1v) is 11.8. The third-order valence-corrected chi connectivity index (χ3v) is 6.39. The van der Waals surface area contributed by atoms with Gasteiger partial charge in [0.1, 0.15) is 6.07 Å². The van der Waals surface area contributed by atoms with Crippen molar-refractivity contribution in [2.45, 2.75) is 45.3 Å². The van der Waals surface area contributed by atoms with Crippen LogP contribution in [0, 0.1) is 11.3 Å². The number of carbonyl (C=O) groups excluding carboxylic acids is 1. The third-order valence-electron chi connectivity index (χ3n) is 6.39. The maximum absolute atomic E-state index is 12.4. The number of rotatable bonds is 5. The lowest BCUT2D eigenvalue weighted by molar-refractivity contribution is 0.130. The fraction of sp³-hybridized carbons (Fsp3) is 0.250. The van der Waals surface area contributed by atoms with Crippen LogP contribution in [0.25, 0.3) is 27.8 Å². The highest BCUT2D eigenvalue weighted by Crippen LogP contribution is 2.43. The Bertz CT molecular complexity index is 1500. The molecule has 1 aliphatic rings. The van der Waals surface area contributed by atoms with Crippen molar-refractivity contribution >= 4 is 22.7 Å². The monoisotopic (exact) mass is 466 g/mol. The van der Waals surface area contributed by atoms with Gasteiger partial charge in [-0.05, 0) is 75.1 Å². The minimum Gasteiger partial charge on any atom is -0.447 e. The highest BCUT2D eigenvalue weighted by Gasteiger charge is 2.28. The number of fused-ring (bicyclic) bond motifs is 1. The van der Waals surface area contributed by atoms with Crippen LogP contribution in [0.2, 0.25) is 0 Å². The smallest absolute Gasteiger partial charge is 0.411 e. The van der Waals surface area contributed by atoms with Crippen molar-refractivity contribution in [3.8, 4) is 23.0 Å². The zero-order valence-electron chi connectivity index (χ0n) is 19.7. The van der Waals surface area contributed by atoms with Gasteiger partial charge in [0.25, 0.3) is 5.56 Å². The molecule has 0 unspecified atom stereocenters. The standard InChI is InChI=1S/C28H26N4O3/c1-18(2)35-28(34)30-20-11-9-19(10-12-20)27-24(17-29)23-14-13-22(31-15-4-3-8-26(31)33)16-25(23)32(27)21-6-5-7-21/h3-4,8-16,18,21H,5-7H2,1-2H3,(H,30,34). The molecule has 2 aromatic heterocycles. The normalized spacial score (nSPS) is 13.4. The molecule has 2 heterocycles. The Morgan fingerprint density at radius 1 is 1.11 bits per heavy atom. The van der Waals surface area contributed by atoms with E-state index in [9.17, 15) is 14.9 Å². The van der Waals surface area contributed by atoms with Crippen molar-refractivity contribution in [1.82, 2.24) is 9.13 Å². The first kappa shape index (κ1) is 22.5. The van der Waals surface area contributed by atoms with E-state index in [0.717, 1.165) is 47.1 Å². The summed E-state index contributed by atoms with van der Waals surface area (Å²) in [7, 11) is 0. The average molecular weight is 467 g/mol. The predicted octanol–water partition coefficient (Wildman–Crippen LogP) is 6.01. The number of nitrogens with one attached hydrogen (secondary N) is 1. The summed E-state index contributed by atoms with van der Waals surface area (Å²) in [6.07, 6.45) is 4.27. The van der Waals surface area contributed by atoms with E-state index in [4.69, 9.17) is 4.74 Å². The minimum absolute atomic E-state index is 0.103. The van der Waals surface area contributed by atoms with E-state index >= 15 is 0 Å². The predicted molar refractivity (Wildman–Crippen MR) is 136 cm³/mol. The number of aromatic nitrogens is 2. The number of ether oxygens (including phenoxy) is 1. The topological polar surface area (TPSA) is 89.1 Å². The molecule has 7 nitrogen and oxygen atoms in total. The van der Waals surface area contributed by atoms with E-state index in [2.05, 4.69) is 16.0 Å². The van der Waals surface area contributed by atoms with E-state index in [0.29, 0.717) is 11.3 Å². The van der Waals surface area contributed by atoms with Crippen LogP contribution in [0.15, 0.2) is 71.7 Å². The van der Waals surface area contributed by atoms with Gasteiger partial charge < -0.3 is 9.30 Å². The van der Waals surface area contributed by atoms with Crippen LogP contribution in [0.4, 0.5) is 10.5 Å². The second-order valence-electron chi connectivity index (χ2n) is 9.06. The molecule has 176 valence electrons. The Kier molecular flexibility index (Phi) is 5.87. The molecular formula is C28H26N4O3. The molecule has 0 atom stereocenters. The minimum atomic E-state index is -0.502. The van der Waals surface area contributed by atoms with Gasteiger partial charge in [0.05, 0.1) is 28.6 Å². The van der Waals surface area contributed by atoms with Crippen molar-refractivity contribution in [3.05, 3.63) is 82.8 Å². The molecule has 0 bridgehead atoms. The Balaban J connectivity index is 1.62. The molecule has 7 heteroatoms. The van der Waals surface area contributed by atoms with Crippen LogP contribution >= 0.6 is 0 Å². The first-order valence-electron chi connectivity index (χ1n) is 11.8. The Hall–Kier alpha value is -4.31. The first-order chi connectivity index (χ1) is 17.0. The van der Waals surface area contributed by atoms with Gasteiger partial charge in [-0.3, -0.25) is 14.7 Å². The summed E-state index contributed by atoms with van der Waals surface area (Å²) in [4.78, 5) is 24.4. The van der Waals surface area contributed by atoms with Crippen LogP contribution < -0.4 is 10.9 Å². The van der Waals surface area contributed by atoms with Crippen LogP contribution in [0.5, 0.6) is 0 Å². The largest absolute Gasteiger partial charge is 0.447 e. The van der Waals surface area contributed by atoms with Crippen molar-refractivity contribution in [1.29, 1.82) is 5.26 Å². The third kappa shape index (κ3) is 4.19. The fourth-order valence-electron chi connectivity index (χ4n) is 4.58. The average Bonchev–Trinajstić information content (AvgIpc) is 3.11. The van der Waals surface area contributed by atoms with Crippen molar-refractivity contribution < 1.29 is 9.53 Å². The molecule has 1 N–H and O–H groups in total. The van der Waals surface area contributed by atoms with E-state index < -0.39 is 6.09 Å². The van der Waals surface area contributed by atoms with Gasteiger partial charge in [-0.2, -0.15) is 5.26 Å². The highest BCUT2D eigenvalue weighted by molar-refractivity contribution is 5.96. The molecule has 0 radical (unpaired) electrons. The van der Waals surface area contributed by atoms with E-state index in [-0.39, 0.29) is 17.7 Å². The van der Waals surface area contributed by atoms with Crippen LogP contribution in [0.1, 0.15) is 44.7 Å². The summed E-state index contributed by atoms with van der Waals surface area (Å²) in [5, 5.41) is 13.8. The SMILES string of the molecule is CC(C)OC(=O)Nc1ccc(-c2c(C#N)c3ccc(-n4ccccc4=O)cc3n2C2CCC2)cc1. The zero-order chi connectivity index (χ0) is 24.5. The Morgan fingerprint density at radius 2 is 1.89 bits per heavy atom. The lowest BCUT2D eigenvalue weighted by Gasteiger charge is -2.30. The van der Waals surface area contributed by atoms with E-state index in [1.807, 2.05) is 48.5 Å². The fourth-order valence-corrected chi connectivity index (χ4v) is 4.58. The van der Waals surface area contributed by atoms with Crippen LogP contribution in [-0.4, -0.2) is 21.3 Å². The van der Waals surface area contributed by atoms with Crippen LogP contribution in [0.3, 0.4) is 0 Å². The summed E-state index contributed by atoms with van der Waals surface area (Å²) >= 11 is 0. The van der Waals surface area contributed by atoms with E-state index in [1.165, 1.54) is 6.07 Å². The van der Waals surface area contributed by atoms with Crippen molar-refractivity contribution in [2.75, 3.05) is 5.32 Å². The molecule has 1 saturated carbocycles. The number of nitriles is 1. The van der Waals surface area contributed by atoms with Crippen molar-refractivity contribution in [3.63, 3.8) is 0 Å². The summed E-state index contributed by atoms with van der Waals surface area (Å²) < 4.78 is 9.02. The second-order valence-corrected chi connectivity index (χ2v) is 9.06. The van der Waals surface area contributed by atoms with Gasteiger partial charge in [0, 0.05) is 29.4 Å². The Labute approximate surface area is 203 Å². The molecule has 35 heavy (non-hydrogen) atoms. The number of anilines is 1. The molecule has 1 fully saturated rings. The van der Waals surface area contributed by atoms with Gasteiger partial charge in [-0.15, -0.1) is 0 Å². The molecule has 1 amide bonds. The molecule has 1 aliphatic carbocycles.